The van der Waals surface area contributed by atoms with E-state index in [1.54, 1.807) is 30.3 Å². The van der Waals surface area contributed by atoms with Gasteiger partial charge in [0.25, 0.3) is 0 Å². The van der Waals surface area contributed by atoms with Crippen LogP contribution in [0.15, 0.2) is 54.6 Å². The zero-order valence-corrected chi connectivity index (χ0v) is 15.5. The summed E-state index contributed by atoms with van der Waals surface area (Å²) in [7, 11) is -0.890. The summed E-state index contributed by atoms with van der Waals surface area (Å²) in [4.78, 5) is 12.3. The molecular weight excluding hydrogens is 338 g/mol. The van der Waals surface area contributed by atoms with Crippen LogP contribution in [0.3, 0.4) is 0 Å². The number of anilines is 1. The van der Waals surface area contributed by atoms with Crippen molar-refractivity contribution in [1.29, 1.82) is 0 Å². The zero-order chi connectivity index (χ0) is 18.4. The van der Waals surface area contributed by atoms with Gasteiger partial charge in [-0.15, -0.1) is 0 Å². The maximum Gasteiger partial charge on any atom is 0.304 e. The molecule has 7 heteroatoms. The van der Waals surface area contributed by atoms with Gasteiger partial charge >= 0.3 is 10.2 Å². The zero-order valence-electron chi connectivity index (χ0n) is 14.6. The Hall–Kier alpha value is -2.38. The molecule has 0 spiro atoms. The minimum Gasteiger partial charge on any atom is -0.350 e. The number of hydrogen-bond acceptors (Lipinski definition) is 3. The van der Waals surface area contributed by atoms with Crippen LogP contribution < -0.4 is 9.62 Å². The average Bonchev–Trinajstić information content (AvgIpc) is 2.59. The highest BCUT2D eigenvalue weighted by molar-refractivity contribution is 7.90. The van der Waals surface area contributed by atoms with Crippen molar-refractivity contribution in [3.8, 4) is 0 Å². The first-order valence-corrected chi connectivity index (χ1v) is 9.28. The van der Waals surface area contributed by atoms with Gasteiger partial charge in [-0.2, -0.15) is 12.7 Å². The van der Waals surface area contributed by atoms with Crippen LogP contribution in [-0.4, -0.2) is 39.3 Å². The van der Waals surface area contributed by atoms with Gasteiger partial charge < -0.3 is 5.32 Å². The molecule has 1 amide bonds. The Labute approximate surface area is 149 Å². The number of rotatable bonds is 7. The standard InChI is InChI=1S/C18H23N3O3S/c1-15-9-11-16(12-10-15)13-19-18(22)14-21(25(23,24)20(2)3)17-7-5-4-6-8-17/h4-12H,13-14H2,1-3H3,(H,19,22). The highest BCUT2D eigenvalue weighted by Gasteiger charge is 2.26. The third-order valence-electron chi connectivity index (χ3n) is 3.68. The van der Waals surface area contributed by atoms with Crippen LogP contribution in [0.4, 0.5) is 5.69 Å². The Morgan fingerprint density at radius 2 is 1.60 bits per heavy atom. The van der Waals surface area contributed by atoms with E-state index in [1.807, 2.05) is 31.2 Å². The van der Waals surface area contributed by atoms with Gasteiger partial charge in [-0.05, 0) is 24.6 Å². The van der Waals surface area contributed by atoms with Gasteiger partial charge in [-0.25, -0.2) is 4.31 Å². The molecule has 1 N–H and O–H groups in total. The lowest BCUT2D eigenvalue weighted by molar-refractivity contribution is -0.119. The first-order chi connectivity index (χ1) is 11.8. The molecule has 0 aliphatic rings. The van der Waals surface area contributed by atoms with Crippen LogP contribution in [-0.2, 0) is 21.5 Å². The second kappa shape index (κ2) is 8.13. The molecule has 2 aromatic rings. The Kier molecular flexibility index (Phi) is 6.17. The average molecular weight is 361 g/mol. The number of nitrogens with zero attached hydrogens (tertiary/aromatic N) is 2. The van der Waals surface area contributed by atoms with Crippen LogP contribution >= 0.6 is 0 Å². The van der Waals surface area contributed by atoms with Crippen LogP contribution in [0, 0.1) is 6.92 Å². The lowest BCUT2D eigenvalue weighted by Gasteiger charge is -2.26. The molecule has 0 heterocycles. The lowest BCUT2D eigenvalue weighted by Crippen LogP contribution is -2.45. The molecule has 0 radical (unpaired) electrons. The van der Waals surface area contributed by atoms with Crippen molar-refractivity contribution in [3.63, 3.8) is 0 Å². The fraction of sp³-hybridized carbons (Fsp3) is 0.278. The van der Waals surface area contributed by atoms with E-state index in [9.17, 15) is 13.2 Å². The molecule has 0 bridgehead atoms. The van der Waals surface area contributed by atoms with Crippen molar-refractivity contribution >= 4 is 21.8 Å². The van der Waals surface area contributed by atoms with Gasteiger partial charge in [-0.3, -0.25) is 4.79 Å². The second-order valence-corrected chi connectivity index (χ2v) is 7.96. The monoisotopic (exact) mass is 361 g/mol. The lowest BCUT2D eigenvalue weighted by atomic mass is 10.1. The van der Waals surface area contributed by atoms with Gasteiger partial charge in [0.2, 0.25) is 5.91 Å². The molecule has 134 valence electrons. The number of benzene rings is 2. The number of amides is 1. The second-order valence-electron chi connectivity index (χ2n) is 5.89. The van der Waals surface area contributed by atoms with Crippen LogP contribution in [0.25, 0.3) is 0 Å². The van der Waals surface area contributed by atoms with E-state index in [4.69, 9.17) is 0 Å². The van der Waals surface area contributed by atoms with Crippen molar-refractivity contribution < 1.29 is 13.2 Å². The number of carbonyl (C=O) groups is 1. The van der Waals surface area contributed by atoms with E-state index < -0.39 is 10.2 Å². The van der Waals surface area contributed by atoms with Gasteiger partial charge in [0, 0.05) is 20.6 Å². The van der Waals surface area contributed by atoms with Crippen molar-refractivity contribution in [3.05, 3.63) is 65.7 Å². The topological polar surface area (TPSA) is 69.7 Å². The largest absolute Gasteiger partial charge is 0.350 e. The summed E-state index contributed by atoms with van der Waals surface area (Å²) in [5, 5.41) is 2.77. The minimum absolute atomic E-state index is 0.281. The van der Waals surface area contributed by atoms with Gasteiger partial charge in [-0.1, -0.05) is 48.0 Å². The minimum atomic E-state index is -3.77. The fourth-order valence-corrected chi connectivity index (χ4v) is 3.25. The van der Waals surface area contributed by atoms with Gasteiger partial charge in [0.05, 0.1) is 5.69 Å². The van der Waals surface area contributed by atoms with E-state index >= 15 is 0 Å². The molecule has 0 saturated carbocycles. The van der Waals surface area contributed by atoms with E-state index in [0.717, 1.165) is 19.7 Å². The summed E-state index contributed by atoms with van der Waals surface area (Å²) < 4.78 is 27.3. The van der Waals surface area contributed by atoms with Crippen LogP contribution in [0.5, 0.6) is 0 Å². The normalized spacial score (nSPS) is 11.4. The molecule has 0 aliphatic heterocycles. The third kappa shape index (κ3) is 5.04. The smallest absolute Gasteiger partial charge is 0.304 e. The number of para-hydroxylation sites is 1. The SMILES string of the molecule is Cc1ccc(CNC(=O)CN(c2ccccc2)S(=O)(=O)N(C)C)cc1. The predicted octanol–water partition coefficient (Wildman–Crippen LogP) is 1.92. The molecule has 0 saturated heterocycles. The summed E-state index contributed by atoms with van der Waals surface area (Å²) >= 11 is 0. The summed E-state index contributed by atoms with van der Waals surface area (Å²) in [5.74, 6) is -0.366. The summed E-state index contributed by atoms with van der Waals surface area (Å²) in [6.07, 6.45) is 0. The molecule has 0 aliphatic carbocycles. The molecule has 0 atom stereocenters. The van der Waals surface area contributed by atoms with Gasteiger partial charge in [0.15, 0.2) is 0 Å². The predicted molar refractivity (Wildman–Crippen MR) is 99.4 cm³/mol. The van der Waals surface area contributed by atoms with E-state index in [2.05, 4.69) is 5.32 Å². The highest BCUT2D eigenvalue weighted by Crippen LogP contribution is 2.18. The Balaban J connectivity index is 2.11. The fourth-order valence-electron chi connectivity index (χ4n) is 2.19. The number of aryl methyl sites for hydroxylation is 1. The highest BCUT2D eigenvalue weighted by atomic mass is 32.2. The molecule has 6 nitrogen and oxygen atoms in total. The third-order valence-corrected chi connectivity index (χ3v) is 5.50. The molecule has 25 heavy (non-hydrogen) atoms. The maximum atomic E-state index is 12.6. The molecular formula is C18H23N3O3S. The van der Waals surface area contributed by atoms with Crippen LogP contribution in [0.1, 0.15) is 11.1 Å². The molecule has 2 rings (SSSR count). The quantitative estimate of drug-likeness (QED) is 0.819. The number of carbonyl (C=O) groups excluding carboxylic acids is 1. The number of nitrogens with one attached hydrogen (secondary N) is 1. The molecule has 0 aromatic heterocycles. The Morgan fingerprint density at radius 1 is 1.00 bits per heavy atom. The Bertz CT molecular complexity index is 803. The first-order valence-electron chi connectivity index (χ1n) is 7.88. The van der Waals surface area contributed by atoms with Gasteiger partial charge in [0.1, 0.15) is 6.54 Å². The van der Waals surface area contributed by atoms with Crippen molar-refractivity contribution in [1.82, 2.24) is 9.62 Å². The maximum absolute atomic E-state index is 12.6. The summed E-state index contributed by atoms with van der Waals surface area (Å²) in [6.45, 7) is 2.06. The molecule has 0 fully saturated rings. The van der Waals surface area contributed by atoms with E-state index in [1.165, 1.54) is 14.1 Å². The molecule has 0 unspecified atom stereocenters. The Morgan fingerprint density at radius 3 is 2.16 bits per heavy atom. The first kappa shape index (κ1) is 19.0. The van der Waals surface area contributed by atoms with Crippen LogP contribution in [0.2, 0.25) is 0 Å². The van der Waals surface area contributed by atoms with E-state index in [-0.39, 0.29) is 12.5 Å². The van der Waals surface area contributed by atoms with Crippen molar-refractivity contribution in [2.45, 2.75) is 13.5 Å². The molecule has 2 aromatic carbocycles. The van der Waals surface area contributed by atoms with Crippen molar-refractivity contribution in [2.75, 3.05) is 24.9 Å². The summed E-state index contributed by atoms with van der Waals surface area (Å²) in [6, 6.07) is 16.4. The van der Waals surface area contributed by atoms with Crippen molar-refractivity contribution in [2.24, 2.45) is 0 Å². The summed E-state index contributed by atoms with van der Waals surface area (Å²) in [5.41, 5.74) is 2.55. The number of hydrogen-bond donors (Lipinski definition) is 1. The van der Waals surface area contributed by atoms with E-state index in [0.29, 0.717) is 12.2 Å².